The lowest BCUT2D eigenvalue weighted by molar-refractivity contribution is -0.140. The van der Waals surface area contributed by atoms with E-state index in [0.717, 1.165) is 57.0 Å². The first-order chi connectivity index (χ1) is 13.4. The van der Waals surface area contributed by atoms with Crippen LogP contribution in [0.25, 0.3) is 0 Å². The number of carboxylic acid groups (broad SMARTS) is 2. The van der Waals surface area contributed by atoms with Gasteiger partial charge < -0.3 is 15.5 Å². The normalized spacial score (nSPS) is 19.9. The van der Waals surface area contributed by atoms with E-state index in [1.807, 2.05) is 9.80 Å². The predicted octanol–water partition coefficient (Wildman–Crippen LogP) is 2.36. The maximum absolute atomic E-state index is 11.2. The van der Waals surface area contributed by atoms with E-state index in [4.69, 9.17) is 5.11 Å². The first-order valence-electron chi connectivity index (χ1n) is 11.0. The smallest absolute Gasteiger partial charge is 0.317 e. The standard InChI is InChI=1S/C21H41N3O4/c1-4-6-7-8-10-23(15-20(25)26)12-13-24(16-21(27)28)11-9-22-19(5-2)18-14-17(18)3/h17-19,22H,4-16H2,1-3H3,(H,25,26)(H,27,28)/t17?,18-,19?/m0/s1. The molecule has 2 unspecified atom stereocenters. The predicted molar refractivity (Wildman–Crippen MR) is 112 cm³/mol. The van der Waals surface area contributed by atoms with Crippen molar-refractivity contribution in [2.75, 3.05) is 45.8 Å². The molecule has 0 radical (unpaired) electrons. The molecule has 0 aromatic carbocycles. The average Bonchev–Trinajstić information content (AvgIpc) is 3.35. The third-order valence-corrected chi connectivity index (χ3v) is 5.74. The van der Waals surface area contributed by atoms with Crippen LogP contribution in [0.2, 0.25) is 0 Å². The summed E-state index contributed by atoms with van der Waals surface area (Å²) >= 11 is 0. The fourth-order valence-electron chi connectivity index (χ4n) is 3.89. The van der Waals surface area contributed by atoms with Crippen molar-refractivity contribution in [1.29, 1.82) is 0 Å². The second kappa shape index (κ2) is 13.9. The van der Waals surface area contributed by atoms with Gasteiger partial charge in [-0.3, -0.25) is 19.4 Å². The molecule has 0 spiro atoms. The molecule has 1 fully saturated rings. The van der Waals surface area contributed by atoms with E-state index in [1.165, 1.54) is 6.42 Å². The van der Waals surface area contributed by atoms with Crippen molar-refractivity contribution in [1.82, 2.24) is 15.1 Å². The number of carboxylic acids is 2. The van der Waals surface area contributed by atoms with Gasteiger partial charge in [-0.25, -0.2) is 0 Å². The van der Waals surface area contributed by atoms with Crippen LogP contribution < -0.4 is 5.32 Å². The number of rotatable bonds is 18. The molecular formula is C21H41N3O4. The molecule has 0 bridgehead atoms. The lowest BCUT2D eigenvalue weighted by atomic mass is 10.1. The molecule has 0 aromatic rings. The van der Waals surface area contributed by atoms with Gasteiger partial charge in [0.25, 0.3) is 0 Å². The van der Waals surface area contributed by atoms with Gasteiger partial charge in [0.1, 0.15) is 0 Å². The molecule has 0 saturated heterocycles. The lowest BCUT2D eigenvalue weighted by Gasteiger charge is -2.27. The molecular weight excluding hydrogens is 358 g/mol. The van der Waals surface area contributed by atoms with Gasteiger partial charge >= 0.3 is 11.9 Å². The number of carbonyl (C=O) groups is 2. The van der Waals surface area contributed by atoms with Gasteiger partial charge in [0, 0.05) is 32.2 Å². The fraction of sp³-hybridized carbons (Fsp3) is 0.905. The van der Waals surface area contributed by atoms with Crippen LogP contribution in [0.3, 0.4) is 0 Å². The highest BCUT2D eigenvalue weighted by Gasteiger charge is 2.38. The molecule has 3 atom stereocenters. The largest absolute Gasteiger partial charge is 0.480 e. The summed E-state index contributed by atoms with van der Waals surface area (Å²) in [5.41, 5.74) is 0. The van der Waals surface area contributed by atoms with Crippen LogP contribution >= 0.6 is 0 Å². The summed E-state index contributed by atoms with van der Waals surface area (Å²) in [6, 6.07) is 0.517. The number of aliphatic carboxylic acids is 2. The van der Waals surface area contributed by atoms with Crippen LogP contribution in [0.4, 0.5) is 0 Å². The van der Waals surface area contributed by atoms with Crippen LogP contribution in [-0.2, 0) is 9.59 Å². The zero-order valence-electron chi connectivity index (χ0n) is 18.0. The van der Waals surface area contributed by atoms with E-state index in [0.29, 0.717) is 25.7 Å². The molecule has 1 rings (SSSR count). The van der Waals surface area contributed by atoms with E-state index in [9.17, 15) is 14.7 Å². The van der Waals surface area contributed by atoms with Crippen LogP contribution in [0.1, 0.15) is 59.3 Å². The Labute approximate surface area is 170 Å². The van der Waals surface area contributed by atoms with Gasteiger partial charge in [0.2, 0.25) is 0 Å². The maximum atomic E-state index is 11.2. The van der Waals surface area contributed by atoms with E-state index < -0.39 is 11.9 Å². The second-order valence-corrected chi connectivity index (χ2v) is 8.25. The van der Waals surface area contributed by atoms with Gasteiger partial charge in [-0.1, -0.05) is 40.0 Å². The third kappa shape index (κ3) is 11.0. The highest BCUT2D eigenvalue weighted by Crippen LogP contribution is 2.41. The summed E-state index contributed by atoms with van der Waals surface area (Å²) in [6.07, 6.45) is 6.78. The molecule has 1 saturated carbocycles. The maximum Gasteiger partial charge on any atom is 0.317 e. The second-order valence-electron chi connectivity index (χ2n) is 8.25. The minimum absolute atomic E-state index is 0.00491. The Bertz CT molecular complexity index is 461. The SMILES string of the molecule is CCCCCCN(CCN(CCNC(CC)[C@H]1CC1C)CC(=O)O)CC(=O)O. The van der Waals surface area contributed by atoms with Gasteiger partial charge in [-0.2, -0.15) is 0 Å². The number of nitrogens with one attached hydrogen (secondary N) is 1. The summed E-state index contributed by atoms with van der Waals surface area (Å²) in [5, 5.41) is 22.0. The Balaban J connectivity index is 2.43. The van der Waals surface area contributed by atoms with E-state index in [-0.39, 0.29) is 13.1 Å². The fourth-order valence-corrected chi connectivity index (χ4v) is 3.89. The molecule has 1 aliphatic rings. The topological polar surface area (TPSA) is 93.1 Å². The lowest BCUT2D eigenvalue weighted by Crippen LogP contribution is -2.44. The third-order valence-electron chi connectivity index (χ3n) is 5.74. The van der Waals surface area contributed by atoms with Crippen molar-refractivity contribution in [3.8, 4) is 0 Å². The first kappa shape index (κ1) is 24.9. The van der Waals surface area contributed by atoms with E-state index >= 15 is 0 Å². The van der Waals surface area contributed by atoms with Crippen LogP contribution in [0.5, 0.6) is 0 Å². The van der Waals surface area contributed by atoms with Crippen LogP contribution in [-0.4, -0.2) is 83.8 Å². The Morgan fingerprint density at radius 2 is 1.54 bits per heavy atom. The number of hydrogen-bond donors (Lipinski definition) is 3. The minimum Gasteiger partial charge on any atom is -0.480 e. The molecule has 0 aliphatic heterocycles. The van der Waals surface area contributed by atoms with Crippen LogP contribution in [0.15, 0.2) is 0 Å². The molecule has 3 N–H and O–H groups in total. The monoisotopic (exact) mass is 399 g/mol. The summed E-state index contributed by atoms with van der Waals surface area (Å²) in [5.74, 6) is -0.112. The van der Waals surface area contributed by atoms with Crippen molar-refractivity contribution in [2.24, 2.45) is 11.8 Å². The van der Waals surface area contributed by atoms with Gasteiger partial charge in [0.15, 0.2) is 0 Å². The number of nitrogens with zero attached hydrogens (tertiary/aromatic N) is 2. The zero-order chi connectivity index (χ0) is 20.9. The van der Waals surface area contributed by atoms with Crippen molar-refractivity contribution >= 4 is 11.9 Å². The average molecular weight is 400 g/mol. The molecule has 0 aromatic heterocycles. The van der Waals surface area contributed by atoms with Crippen LogP contribution in [0, 0.1) is 11.8 Å². The molecule has 7 nitrogen and oxygen atoms in total. The summed E-state index contributed by atoms with van der Waals surface area (Å²) in [7, 11) is 0. The highest BCUT2D eigenvalue weighted by atomic mass is 16.4. The van der Waals surface area contributed by atoms with Gasteiger partial charge in [-0.05, 0) is 37.6 Å². The van der Waals surface area contributed by atoms with Gasteiger partial charge in [-0.15, -0.1) is 0 Å². The molecule has 1 aliphatic carbocycles. The Kier molecular flexibility index (Phi) is 12.3. The van der Waals surface area contributed by atoms with Crippen molar-refractivity contribution in [3.05, 3.63) is 0 Å². The molecule has 0 amide bonds. The minimum atomic E-state index is -0.837. The molecule has 28 heavy (non-hydrogen) atoms. The van der Waals surface area contributed by atoms with E-state index in [2.05, 4.69) is 26.1 Å². The molecule has 7 heteroatoms. The Morgan fingerprint density at radius 3 is 2.00 bits per heavy atom. The van der Waals surface area contributed by atoms with E-state index in [1.54, 1.807) is 0 Å². The number of hydrogen-bond acceptors (Lipinski definition) is 5. The Morgan fingerprint density at radius 1 is 0.964 bits per heavy atom. The number of unbranched alkanes of at least 4 members (excludes halogenated alkanes) is 3. The van der Waals surface area contributed by atoms with Crippen molar-refractivity contribution in [2.45, 2.75) is 65.3 Å². The molecule has 164 valence electrons. The van der Waals surface area contributed by atoms with Gasteiger partial charge in [0.05, 0.1) is 13.1 Å². The highest BCUT2D eigenvalue weighted by molar-refractivity contribution is 5.69. The summed E-state index contributed by atoms with van der Waals surface area (Å²) in [4.78, 5) is 26.2. The summed E-state index contributed by atoms with van der Waals surface area (Å²) in [6.45, 7) is 9.99. The zero-order valence-corrected chi connectivity index (χ0v) is 18.0. The van der Waals surface area contributed by atoms with Crippen molar-refractivity contribution < 1.29 is 19.8 Å². The van der Waals surface area contributed by atoms with Crippen molar-refractivity contribution in [3.63, 3.8) is 0 Å². The first-order valence-corrected chi connectivity index (χ1v) is 11.0. The molecule has 0 heterocycles. The summed E-state index contributed by atoms with van der Waals surface area (Å²) < 4.78 is 0. The quantitative estimate of drug-likeness (QED) is 0.305. The Hall–Kier alpha value is -1.18.